The molecule has 0 bridgehead atoms. The number of benzene rings is 1. The van der Waals surface area contributed by atoms with E-state index in [4.69, 9.17) is 0 Å². The molecular weight excluding hydrogens is 210 g/mol. The van der Waals surface area contributed by atoms with Gasteiger partial charge in [-0.2, -0.15) is 0 Å². The Morgan fingerprint density at radius 3 is 2.29 bits per heavy atom. The molecule has 0 saturated heterocycles. The molecule has 0 radical (unpaired) electrons. The average Bonchev–Trinajstić information content (AvgIpc) is 2.35. The molecule has 1 aromatic carbocycles. The Kier molecular flexibility index (Phi) is 5.01. The SMILES string of the molecule is CC[C@H](O)c1ccccc1N(C)C(C)C(C)C. The third-order valence-corrected chi connectivity index (χ3v) is 3.64. The molecule has 96 valence electrons. The van der Waals surface area contributed by atoms with Gasteiger partial charge in [0.05, 0.1) is 6.10 Å². The summed E-state index contributed by atoms with van der Waals surface area (Å²) >= 11 is 0. The Bertz CT molecular complexity index is 349. The minimum Gasteiger partial charge on any atom is -0.388 e. The highest BCUT2D eigenvalue weighted by atomic mass is 16.3. The van der Waals surface area contributed by atoms with Crippen molar-refractivity contribution in [3.63, 3.8) is 0 Å². The van der Waals surface area contributed by atoms with Crippen LogP contribution in [0.15, 0.2) is 24.3 Å². The molecule has 0 saturated carbocycles. The lowest BCUT2D eigenvalue weighted by Crippen LogP contribution is -2.34. The number of aliphatic hydroxyl groups excluding tert-OH is 1. The lowest BCUT2D eigenvalue weighted by molar-refractivity contribution is 0.174. The summed E-state index contributed by atoms with van der Waals surface area (Å²) in [5.41, 5.74) is 2.17. The molecule has 0 amide bonds. The molecule has 0 aliphatic carbocycles. The van der Waals surface area contributed by atoms with Gasteiger partial charge in [-0.15, -0.1) is 0 Å². The zero-order chi connectivity index (χ0) is 13.0. The summed E-state index contributed by atoms with van der Waals surface area (Å²) in [6.45, 7) is 8.67. The predicted octanol–water partition coefficient (Wildman–Crippen LogP) is 3.61. The van der Waals surface area contributed by atoms with Crippen LogP contribution in [0.4, 0.5) is 5.69 Å². The second-order valence-corrected chi connectivity index (χ2v) is 5.08. The molecule has 0 fully saturated rings. The second-order valence-electron chi connectivity index (χ2n) is 5.08. The van der Waals surface area contributed by atoms with Gasteiger partial charge < -0.3 is 10.0 Å². The van der Waals surface area contributed by atoms with Gasteiger partial charge in [-0.3, -0.25) is 0 Å². The molecule has 2 nitrogen and oxygen atoms in total. The van der Waals surface area contributed by atoms with Crippen molar-refractivity contribution in [2.75, 3.05) is 11.9 Å². The molecule has 0 aliphatic rings. The maximum atomic E-state index is 10.1. The summed E-state index contributed by atoms with van der Waals surface area (Å²) in [6, 6.07) is 8.59. The summed E-state index contributed by atoms with van der Waals surface area (Å²) in [5, 5.41) is 10.1. The Morgan fingerprint density at radius 2 is 1.76 bits per heavy atom. The number of rotatable bonds is 5. The van der Waals surface area contributed by atoms with Crippen LogP contribution in [0.5, 0.6) is 0 Å². The first-order valence-corrected chi connectivity index (χ1v) is 6.48. The van der Waals surface area contributed by atoms with Crippen molar-refractivity contribution >= 4 is 5.69 Å². The first-order chi connectivity index (χ1) is 7.99. The Labute approximate surface area is 105 Å². The van der Waals surface area contributed by atoms with Gasteiger partial charge in [-0.25, -0.2) is 0 Å². The molecule has 2 atom stereocenters. The fraction of sp³-hybridized carbons (Fsp3) is 0.600. The van der Waals surface area contributed by atoms with E-state index in [-0.39, 0.29) is 6.10 Å². The van der Waals surface area contributed by atoms with Gasteiger partial charge in [-0.05, 0) is 25.3 Å². The van der Waals surface area contributed by atoms with E-state index < -0.39 is 0 Å². The lowest BCUT2D eigenvalue weighted by atomic mass is 10.0. The normalized spacial score (nSPS) is 14.8. The Morgan fingerprint density at radius 1 is 1.18 bits per heavy atom. The van der Waals surface area contributed by atoms with E-state index in [9.17, 15) is 5.11 Å². The van der Waals surface area contributed by atoms with E-state index in [0.717, 1.165) is 17.7 Å². The molecule has 1 N–H and O–H groups in total. The molecule has 0 heterocycles. The van der Waals surface area contributed by atoms with E-state index in [1.807, 2.05) is 25.1 Å². The molecule has 17 heavy (non-hydrogen) atoms. The van der Waals surface area contributed by atoms with E-state index in [1.54, 1.807) is 0 Å². The van der Waals surface area contributed by atoms with Crippen LogP contribution < -0.4 is 4.90 Å². The Hall–Kier alpha value is -1.02. The van der Waals surface area contributed by atoms with Crippen LogP contribution in [0, 0.1) is 5.92 Å². The van der Waals surface area contributed by atoms with E-state index in [2.05, 4.69) is 38.8 Å². The maximum absolute atomic E-state index is 10.1. The van der Waals surface area contributed by atoms with Crippen molar-refractivity contribution in [3.05, 3.63) is 29.8 Å². The quantitative estimate of drug-likeness (QED) is 0.842. The lowest BCUT2D eigenvalue weighted by Gasteiger charge is -2.32. The fourth-order valence-electron chi connectivity index (χ4n) is 1.98. The van der Waals surface area contributed by atoms with Crippen molar-refractivity contribution in [2.45, 2.75) is 46.3 Å². The minimum atomic E-state index is -0.368. The van der Waals surface area contributed by atoms with E-state index in [0.29, 0.717) is 12.0 Å². The predicted molar refractivity (Wildman–Crippen MR) is 74.4 cm³/mol. The van der Waals surface area contributed by atoms with Crippen molar-refractivity contribution in [1.29, 1.82) is 0 Å². The summed E-state index contributed by atoms with van der Waals surface area (Å²) in [6.07, 6.45) is 0.383. The molecule has 0 spiro atoms. The van der Waals surface area contributed by atoms with Crippen LogP contribution in [0.2, 0.25) is 0 Å². The van der Waals surface area contributed by atoms with E-state index >= 15 is 0 Å². The molecule has 1 rings (SSSR count). The van der Waals surface area contributed by atoms with Gasteiger partial charge in [0.15, 0.2) is 0 Å². The summed E-state index contributed by atoms with van der Waals surface area (Å²) in [4.78, 5) is 2.26. The number of anilines is 1. The minimum absolute atomic E-state index is 0.368. The summed E-state index contributed by atoms with van der Waals surface area (Å²) in [5.74, 6) is 0.590. The van der Waals surface area contributed by atoms with Crippen LogP contribution in [0.25, 0.3) is 0 Å². The molecule has 2 heteroatoms. The van der Waals surface area contributed by atoms with Crippen molar-refractivity contribution in [3.8, 4) is 0 Å². The van der Waals surface area contributed by atoms with Crippen LogP contribution >= 0.6 is 0 Å². The highest BCUT2D eigenvalue weighted by Crippen LogP contribution is 2.29. The molecule has 0 aromatic heterocycles. The molecule has 1 unspecified atom stereocenters. The van der Waals surface area contributed by atoms with Gasteiger partial charge >= 0.3 is 0 Å². The van der Waals surface area contributed by atoms with Gasteiger partial charge in [-0.1, -0.05) is 39.0 Å². The van der Waals surface area contributed by atoms with E-state index in [1.165, 1.54) is 0 Å². The van der Waals surface area contributed by atoms with Crippen LogP contribution in [0.3, 0.4) is 0 Å². The van der Waals surface area contributed by atoms with Gasteiger partial charge in [0.25, 0.3) is 0 Å². The highest BCUT2D eigenvalue weighted by molar-refractivity contribution is 5.54. The monoisotopic (exact) mass is 235 g/mol. The first-order valence-electron chi connectivity index (χ1n) is 6.48. The van der Waals surface area contributed by atoms with Gasteiger partial charge in [0, 0.05) is 24.3 Å². The molecule has 0 aliphatic heterocycles. The smallest absolute Gasteiger partial charge is 0.0807 e. The van der Waals surface area contributed by atoms with Crippen molar-refractivity contribution in [1.82, 2.24) is 0 Å². The largest absolute Gasteiger partial charge is 0.388 e. The van der Waals surface area contributed by atoms with Crippen molar-refractivity contribution < 1.29 is 5.11 Å². The van der Waals surface area contributed by atoms with Crippen LogP contribution in [-0.4, -0.2) is 18.2 Å². The third-order valence-electron chi connectivity index (χ3n) is 3.64. The maximum Gasteiger partial charge on any atom is 0.0807 e. The van der Waals surface area contributed by atoms with Gasteiger partial charge in [0.1, 0.15) is 0 Å². The Balaban J connectivity index is 3.04. The number of nitrogens with zero attached hydrogens (tertiary/aromatic N) is 1. The number of para-hydroxylation sites is 1. The number of hydrogen-bond donors (Lipinski definition) is 1. The zero-order valence-electron chi connectivity index (χ0n) is 11.6. The third kappa shape index (κ3) is 3.22. The second kappa shape index (κ2) is 6.06. The van der Waals surface area contributed by atoms with Crippen LogP contribution in [-0.2, 0) is 0 Å². The number of hydrogen-bond acceptors (Lipinski definition) is 2. The topological polar surface area (TPSA) is 23.5 Å². The van der Waals surface area contributed by atoms with Crippen molar-refractivity contribution in [2.24, 2.45) is 5.92 Å². The number of aliphatic hydroxyl groups is 1. The summed E-state index contributed by atoms with van der Waals surface area (Å²) in [7, 11) is 2.10. The molecular formula is C15H25NO. The average molecular weight is 235 g/mol. The van der Waals surface area contributed by atoms with Gasteiger partial charge in [0.2, 0.25) is 0 Å². The molecule has 1 aromatic rings. The van der Waals surface area contributed by atoms with Crippen LogP contribution in [0.1, 0.15) is 45.8 Å². The zero-order valence-corrected chi connectivity index (χ0v) is 11.6. The summed E-state index contributed by atoms with van der Waals surface area (Å²) < 4.78 is 0. The fourth-order valence-corrected chi connectivity index (χ4v) is 1.98. The first kappa shape index (κ1) is 14.0. The highest BCUT2D eigenvalue weighted by Gasteiger charge is 2.18. The standard InChI is InChI=1S/C15H25NO/c1-6-15(17)13-9-7-8-10-14(13)16(5)12(4)11(2)3/h7-12,15,17H,6H2,1-5H3/t12?,15-/m0/s1.